The van der Waals surface area contributed by atoms with Crippen LogP contribution in [0.1, 0.15) is 24.2 Å². The Morgan fingerprint density at radius 2 is 2.06 bits per heavy atom. The van der Waals surface area contributed by atoms with Gasteiger partial charge in [0, 0.05) is 18.8 Å². The summed E-state index contributed by atoms with van der Waals surface area (Å²) in [6.45, 7) is 3.83. The van der Waals surface area contributed by atoms with Crippen molar-refractivity contribution in [2.75, 3.05) is 5.32 Å². The minimum Gasteiger partial charge on any atom is -0.508 e. The molecule has 0 saturated carbocycles. The van der Waals surface area contributed by atoms with Crippen LogP contribution in [-0.2, 0) is 7.05 Å². The number of benzene rings is 1. The van der Waals surface area contributed by atoms with Gasteiger partial charge in [-0.3, -0.25) is 4.68 Å². The molecule has 2 aromatic rings. The molecule has 0 aliphatic carbocycles. The number of hydrogen-bond acceptors (Lipinski definition) is 4. The third-order valence-electron chi connectivity index (χ3n) is 2.86. The molecule has 1 aromatic carbocycles. The number of anilines is 1. The van der Waals surface area contributed by atoms with E-state index < -0.39 is 0 Å². The lowest BCUT2D eigenvalue weighted by atomic mass is 10.1. The number of aromatic nitrogens is 2. The van der Waals surface area contributed by atoms with Crippen molar-refractivity contribution >= 4 is 5.69 Å². The van der Waals surface area contributed by atoms with Gasteiger partial charge in [0.2, 0.25) is 0 Å². The summed E-state index contributed by atoms with van der Waals surface area (Å²) >= 11 is 0. The van der Waals surface area contributed by atoms with E-state index in [4.69, 9.17) is 0 Å². The second-order valence-electron chi connectivity index (χ2n) is 4.41. The molecule has 5 heteroatoms. The molecule has 0 amide bonds. The Balaban J connectivity index is 2.24. The monoisotopic (exact) mass is 247 g/mol. The summed E-state index contributed by atoms with van der Waals surface area (Å²) in [5, 5.41) is 26.7. The zero-order chi connectivity index (χ0) is 13.3. The summed E-state index contributed by atoms with van der Waals surface area (Å²) < 4.78 is 1.73. The number of nitrogens with one attached hydrogen (secondary N) is 1. The average Bonchev–Trinajstić information content (AvgIpc) is 2.61. The number of hydrogen-bond donors (Lipinski definition) is 3. The van der Waals surface area contributed by atoms with Gasteiger partial charge in [-0.2, -0.15) is 5.10 Å². The molecule has 0 radical (unpaired) electrons. The van der Waals surface area contributed by atoms with Crippen LogP contribution in [0.2, 0.25) is 0 Å². The fourth-order valence-corrected chi connectivity index (χ4v) is 1.94. The van der Waals surface area contributed by atoms with Crippen LogP contribution < -0.4 is 5.32 Å². The van der Waals surface area contributed by atoms with E-state index in [9.17, 15) is 10.2 Å². The van der Waals surface area contributed by atoms with Gasteiger partial charge in [0.25, 0.3) is 0 Å². The van der Waals surface area contributed by atoms with Crippen molar-refractivity contribution in [3.05, 3.63) is 35.7 Å². The van der Waals surface area contributed by atoms with Gasteiger partial charge in [-0.25, -0.2) is 0 Å². The van der Waals surface area contributed by atoms with Gasteiger partial charge in [-0.1, -0.05) is 0 Å². The molecule has 0 saturated heterocycles. The van der Waals surface area contributed by atoms with Gasteiger partial charge in [0.1, 0.15) is 11.5 Å². The molecule has 0 bridgehead atoms. The maximum atomic E-state index is 9.79. The standard InChI is InChI=1S/C13H17N3O2/c1-8(11-6-10(17)4-5-13(11)18)14-12-7-16(3)15-9(12)2/h4-8,14,17-18H,1-3H3. The minimum atomic E-state index is -0.125. The van der Waals surface area contributed by atoms with E-state index in [-0.39, 0.29) is 17.5 Å². The highest BCUT2D eigenvalue weighted by Crippen LogP contribution is 2.30. The van der Waals surface area contributed by atoms with Crippen molar-refractivity contribution < 1.29 is 10.2 Å². The topological polar surface area (TPSA) is 70.3 Å². The average molecular weight is 247 g/mol. The molecule has 18 heavy (non-hydrogen) atoms. The quantitative estimate of drug-likeness (QED) is 0.728. The van der Waals surface area contributed by atoms with Crippen LogP contribution in [0.3, 0.4) is 0 Å². The van der Waals surface area contributed by atoms with Crippen LogP contribution in [-0.4, -0.2) is 20.0 Å². The second kappa shape index (κ2) is 4.60. The Morgan fingerprint density at radius 1 is 1.33 bits per heavy atom. The van der Waals surface area contributed by atoms with Crippen LogP contribution in [0.5, 0.6) is 11.5 Å². The van der Waals surface area contributed by atoms with Gasteiger partial charge < -0.3 is 15.5 Å². The molecule has 1 atom stereocenters. The molecule has 1 heterocycles. The van der Waals surface area contributed by atoms with Gasteiger partial charge in [0.05, 0.1) is 17.4 Å². The third-order valence-corrected chi connectivity index (χ3v) is 2.86. The number of aromatic hydroxyl groups is 2. The van der Waals surface area contributed by atoms with Crippen LogP contribution in [0.15, 0.2) is 24.4 Å². The molecule has 1 aromatic heterocycles. The molecule has 1 unspecified atom stereocenters. The number of aryl methyl sites for hydroxylation is 2. The van der Waals surface area contributed by atoms with Gasteiger partial charge >= 0.3 is 0 Å². The van der Waals surface area contributed by atoms with E-state index in [1.165, 1.54) is 12.1 Å². The molecule has 0 fully saturated rings. The lowest BCUT2D eigenvalue weighted by Gasteiger charge is -2.16. The van der Waals surface area contributed by atoms with E-state index in [0.717, 1.165) is 11.4 Å². The van der Waals surface area contributed by atoms with Gasteiger partial charge in [-0.15, -0.1) is 0 Å². The smallest absolute Gasteiger partial charge is 0.121 e. The van der Waals surface area contributed by atoms with E-state index in [1.807, 2.05) is 27.1 Å². The molecule has 3 N–H and O–H groups in total. The zero-order valence-corrected chi connectivity index (χ0v) is 10.7. The van der Waals surface area contributed by atoms with Crippen LogP contribution >= 0.6 is 0 Å². The second-order valence-corrected chi connectivity index (χ2v) is 4.41. The Bertz CT molecular complexity index is 563. The summed E-state index contributed by atoms with van der Waals surface area (Å²) in [6.07, 6.45) is 1.88. The highest BCUT2D eigenvalue weighted by atomic mass is 16.3. The number of phenolic OH excluding ortho intramolecular Hbond substituents is 2. The lowest BCUT2D eigenvalue weighted by Crippen LogP contribution is -2.07. The van der Waals surface area contributed by atoms with Crippen molar-refractivity contribution in [1.29, 1.82) is 0 Å². The van der Waals surface area contributed by atoms with Gasteiger partial charge in [0.15, 0.2) is 0 Å². The Kier molecular flexibility index (Phi) is 3.14. The zero-order valence-electron chi connectivity index (χ0n) is 10.7. The summed E-state index contributed by atoms with van der Waals surface area (Å²) in [6, 6.07) is 4.37. The molecule has 2 rings (SSSR count). The van der Waals surface area contributed by atoms with E-state index in [0.29, 0.717) is 5.56 Å². The summed E-state index contributed by atoms with van der Waals surface area (Å²) in [5.74, 6) is 0.300. The van der Waals surface area contributed by atoms with Crippen molar-refractivity contribution in [2.24, 2.45) is 7.05 Å². The summed E-state index contributed by atoms with van der Waals surface area (Å²) in [5.41, 5.74) is 2.45. The number of nitrogens with zero attached hydrogens (tertiary/aromatic N) is 2. The SMILES string of the molecule is Cc1nn(C)cc1NC(C)c1cc(O)ccc1O. The highest BCUT2D eigenvalue weighted by Gasteiger charge is 2.13. The number of phenols is 2. The van der Waals surface area contributed by atoms with Crippen LogP contribution in [0.25, 0.3) is 0 Å². The molecule has 0 aliphatic rings. The van der Waals surface area contributed by atoms with Crippen molar-refractivity contribution in [1.82, 2.24) is 9.78 Å². The summed E-state index contributed by atoms with van der Waals surface area (Å²) in [4.78, 5) is 0. The molecular formula is C13H17N3O2. The first kappa shape index (κ1) is 12.3. The first-order valence-electron chi connectivity index (χ1n) is 5.76. The maximum Gasteiger partial charge on any atom is 0.121 e. The third kappa shape index (κ3) is 2.40. The summed E-state index contributed by atoms with van der Waals surface area (Å²) in [7, 11) is 1.86. The molecular weight excluding hydrogens is 230 g/mol. The van der Waals surface area contributed by atoms with Crippen molar-refractivity contribution in [3.63, 3.8) is 0 Å². The fraction of sp³-hybridized carbons (Fsp3) is 0.308. The van der Waals surface area contributed by atoms with E-state index in [2.05, 4.69) is 10.4 Å². The number of rotatable bonds is 3. The first-order valence-corrected chi connectivity index (χ1v) is 5.76. The van der Waals surface area contributed by atoms with Crippen LogP contribution in [0, 0.1) is 6.92 Å². The van der Waals surface area contributed by atoms with Crippen molar-refractivity contribution in [2.45, 2.75) is 19.9 Å². The Hall–Kier alpha value is -2.17. The molecule has 0 aliphatic heterocycles. The lowest BCUT2D eigenvalue weighted by molar-refractivity contribution is 0.451. The molecule has 5 nitrogen and oxygen atoms in total. The Morgan fingerprint density at radius 3 is 2.67 bits per heavy atom. The molecule has 96 valence electrons. The Labute approximate surface area is 106 Å². The highest BCUT2D eigenvalue weighted by molar-refractivity contribution is 5.50. The predicted octanol–water partition coefficient (Wildman–Crippen LogP) is 2.31. The predicted molar refractivity (Wildman–Crippen MR) is 69.8 cm³/mol. The van der Waals surface area contributed by atoms with Crippen LogP contribution in [0.4, 0.5) is 5.69 Å². The van der Waals surface area contributed by atoms with E-state index >= 15 is 0 Å². The minimum absolute atomic E-state index is 0.125. The van der Waals surface area contributed by atoms with Gasteiger partial charge in [-0.05, 0) is 32.0 Å². The largest absolute Gasteiger partial charge is 0.508 e. The maximum absolute atomic E-state index is 9.79. The normalized spacial score (nSPS) is 12.4. The first-order chi connectivity index (χ1) is 8.47. The van der Waals surface area contributed by atoms with Crippen molar-refractivity contribution in [3.8, 4) is 11.5 Å². The molecule has 0 spiro atoms. The van der Waals surface area contributed by atoms with E-state index in [1.54, 1.807) is 10.7 Å². The fourth-order valence-electron chi connectivity index (χ4n) is 1.94.